The zero-order valence-electron chi connectivity index (χ0n) is 11.5. The van der Waals surface area contributed by atoms with Gasteiger partial charge in [-0.1, -0.05) is 11.6 Å². The third-order valence-corrected chi connectivity index (χ3v) is 5.93. The van der Waals surface area contributed by atoms with Gasteiger partial charge in [0.05, 0.1) is 16.5 Å². The van der Waals surface area contributed by atoms with Gasteiger partial charge in [0.25, 0.3) is 0 Å². The number of amides is 1. The van der Waals surface area contributed by atoms with Crippen molar-refractivity contribution in [3.63, 3.8) is 0 Å². The third-order valence-electron chi connectivity index (χ3n) is 3.58. The fourth-order valence-electron chi connectivity index (χ4n) is 2.38. The highest BCUT2D eigenvalue weighted by atomic mass is 35.5. The molecule has 0 bridgehead atoms. The quantitative estimate of drug-likeness (QED) is 0.840. The van der Waals surface area contributed by atoms with Crippen molar-refractivity contribution in [2.24, 2.45) is 11.7 Å². The zero-order valence-corrected chi connectivity index (χ0v) is 13.1. The van der Waals surface area contributed by atoms with Crippen LogP contribution >= 0.6 is 11.6 Å². The molecule has 1 amide bonds. The molecule has 3 N–H and O–H groups in total. The van der Waals surface area contributed by atoms with E-state index in [1.54, 1.807) is 0 Å². The SMILES string of the molecule is NC(=O)C1CCCN(S(=O)(=O)c2ccc(C(=O)O)cc2Cl)C1. The summed E-state index contributed by atoms with van der Waals surface area (Å²) in [5.41, 5.74) is 5.14. The summed E-state index contributed by atoms with van der Waals surface area (Å²) in [5.74, 6) is -2.26. The van der Waals surface area contributed by atoms with E-state index in [9.17, 15) is 18.0 Å². The second kappa shape index (κ2) is 6.23. The normalized spacial score (nSPS) is 19.8. The van der Waals surface area contributed by atoms with Crippen LogP contribution in [0.3, 0.4) is 0 Å². The van der Waals surface area contributed by atoms with E-state index in [0.29, 0.717) is 12.8 Å². The van der Waals surface area contributed by atoms with Crippen LogP contribution in [-0.4, -0.2) is 42.8 Å². The fraction of sp³-hybridized carbons (Fsp3) is 0.385. The van der Waals surface area contributed by atoms with Gasteiger partial charge < -0.3 is 10.8 Å². The van der Waals surface area contributed by atoms with Gasteiger partial charge in [0, 0.05) is 13.1 Å². The first-order chi connectivity index (χ1) is 10.2. The van der Waals surface area contributed by atoms with Gasteiger partial charge in [0.15, 0.2) is 0 Å². The van der Waals surface area contributed by atoms with Crippen LogP contribution < -0.4 is 5.73 Å². The summed E-state index contributed by atoms with van der Waals surface area (Å²) in [7, 11) is -3.90. The van der Waals surface area contributed by atoms with Gasteiger partial charge in [0.1, 0.15) is 4.90 Å². The number of carboxylic acids is 1. The van der Waals surface area contributed by atoms with Crippen LogP contribution in [0.4, 0.5) is 0 Å². The Bertz CT molecular complexity index is 719. The smallest absolute Gasteiger partial charge is 0.335 e. The molecule has 0 radical (unpaired) electrons. The second-order valence-corrected chi connectivity index (χ2v) is 7.37. The van der Waals surface area contributed by atoms with Crippen molar-refractivity contribution in [3.05, 3.63) is 28.8 Å². The van der Waals surface area contributed by atoms with Crippen molar-refractivity contribution in [2.75, 3.05) is 13.1 Å². The average molecular weight is 347 g/mol. The highest BCUT2D eigenvalue weighted by molar-refractivity contribution is 7.89. The van der Waals surface area contributed by atoms with Gasteiger partial charge in [-0.05, 0) is 31.0 Å². The van der Waals surface area contributed by atoms with Crippen molar-refractivity contribution >= 4 is 33.5 Å². The molecule has 22 heavy (non-hydrogen) atoms. The molecule has 0 aliphatic carbocycles. The Balaban J connectivity index is 2.34. The first-order valence-corrected chi connectivity index (χ1v) is 8.37. The van der Waals surface area contributed by atoms with Crippen LogP contribution in [0.15, 0.2) is 23.1 Å². The van der Waals surface area contributed by atoms with E-state index in [-0.39, 0.29) is 28.6 Å². The number of aromatic carboxylic acids is 1. The van der Waals surface area contributed by atoms with Gasteiger partial charge in [0.2, 0.25) is 15.9 Å². The minimum Gasteiger partial charge on any atom is -0.478 e. The zero-order chi connectivity index (χ0) is 16.5. The molecular weight excluding hydrogens is 332 g/mol. The predicted octanol–water partition coefficient (Wildman–Crippen LogP) is 0.924. The number of hydrogen-bond acceptors (Lipinski definition) is 4. The predicted molar refractivity (Wildman–Crippen MR) is 79.1 cm³/mol. The number of carboxylic acid groups (broad SMARTS) is 1. The molecule has 9 heteroatoms. The average Bonchev–Trinajstić information content (AvgIpc) is 2.46. The van der Waals surface area contributed by atoms with Crippen LogP contribution in [-0.2, 0) is 14.8 Å². The summed E-state index contributed by atoms with van der Waals surface area (Å²) in [6.07, 6.45) is 1.07. The Hall–Kier alpha value is -1.64. The van der Waals surface area contributed by atoms with Gasteiger partial charge in [-0.3, -0.25) is 4.79 Å². The van der Waals surface area contributed by atoms with E-state index in [1.165, 1.54) is 6.07 Å². The van der Waals surface area contributed by atoms with E-state index in [4.69, 9.17) is 22.4 Å². The molecule has 1 aromatic carbocycles. The molecule has 2 rings (SSSR count). The fourth-order valence-corrected chi connectivity index (χ4v) is 4.42. The lowest BCUT2D eigenvalue weighted by atomic mass is 9.99. The van der Waals surface area contributed by atoms with Crippen molar-refractivity contribution in [3.8, 4) is 0 Å². The van der Waals surface area contributed by atoms with Crippen LogP contribution in [0.1, 0.15) is 23.2 Å². The molecule has 120 valence electrons. The van der Waals surface area contributed by atoms with Gasteiger partial charge in [-0.15, -0.1) is 0 Å². The largest absolute Gasteiger partial charge is 0.478 e. The molecule has 1 aromatic rings. The van der Waals surface area contributed by atoms with Crippen molar-refractivity contribution in [1.29, 1.82) is 0 Å². The number of halogens is 1. The number of piperidine rings is 1. The topological polar surface area (TPSA) is 118 Å². The van der Waals surface area contributed by atoms with E-state index >= 15 is 0 Å². The molecule has 0 saturated carbocycles. The van der Waals surface area contributed by atoms with Crippen LogP contribution in [0.2, 0.25) is 5.02 Å². The lowest BCUT2D eigenvalue weighted by Gasteiger charge is -2.30. The van der Waals surface area contributed by atoms with Crippen molar-refractivity contribution in [1.82, 2.24) is 4.31 Å². The molecule has 0 aromatic heterocycles. The number of nitrogens with zero attached hydrogens (tertiary/aromatic N) is 1. The summed E-state index contributed by atoms with van der Waals surface area (Å²) >= 11 is 5.92. The first-order valence-electron chi connectivity index (χ1n) is 6.56. The minimum atomic E-state index is -3.90. The summed E-state index contributed by atoms with van der Waals surface area (Å²) in [4.78, 5) is 21.9. The summed E-state index contributed by atoms with van der Waals surface area (Å²) < 4.78 is 26.4. The Labute approximate surface area is 132 Å². The molecule has 0 spiro atoms. The standard InChI is InChI=1S/C13H15ClN2O5S/c14-10-6-8(13(18)19)3-4-11(10)22(20,21)16-5-1-2-9(7-16)12(15)17/h3-4,6,9H,1-2,5,7H2,(H2,15,17)(H,18,19). The first kappa shape index (κ1) is 16.7. The summed E-state index contributed by atoms with van der Waals surface area (Å²) in [6, 6.07) is 3.43. The molecule has 1 atom stereocenters. The van der Waals surface area contributed by atoms with E-state index in [0.717, 1.165) is 16.4 Å². The number of carbonyl (C=O) groups is 2. The Morgan fingerprint density at radius 3 is 2.59 bits per heavy atom. The van der Waals surface area contributed by atoms with E-state index < -0.39 is 27.8 Å². The number of rotatable bonds is 4. The van der Waals surface area contributed by atoms with Crippen molar-refractivity contribution < 1.29 is 23.1 Å². The third kappa shape index (κ3) is 3.23. The summed E-state index contributed by atoms with van der Waals surface area (Å²) in [5, 5.41) is 8.71. The van der Waals surface area contributed by atoms with E-state index in [1.807, 2.05) is 0 Å². The Morgan fingerprint density at radius 1 is 1.36 bits per heavy atom. The molecule has 1 fully saturated rings. The molecular formula is C13H15ClN2O5S. The lowest BCUT2D eigenvalue weighted by molar-refractivity contribution is -0.122. The number of hydrogen-bond donors (Lipinski definition) is 2. The number of sulfonamides is 1. The maximum absolute atomic E-state index is 12.6. The number of benzene rings is 1. The number of primary amides is 1. The Kier molecular flexibility index (Phi) is 4.74. The highest BCUT2D eigenvalue weighted by Crippen LogP contribution is 2.29. The van der Waals surface area contributed by atoms with E-state index in [2.05, 4.69) is 0 Å². The van der Waals surface area contributed by atoms with Gasteiger partial charge in [-0.25, -0.2) is 13.2 Å². The molecule has 1 saturated heterocycles. The summed E-state index contributed by atoms with van der Waals surface area (Å²) in [6.45, 7) is 0.276. The molecule has 1 unspecified atom stereocenters. The highest BCUT2D eigenvalue weighted by Gasteiger charge is 2.33. The van der Waals surface area contributed by atoms with Crippen molar-refractivity contribution in [2.45, 2.75) is 17.7 Å². The number of carbonyl (C=O) groups excluding carboxylic acids is 1. The van der Waals surface area contributed by atoms with Crippen LogP contribution in [0.5, 0.6) is 0 Å². The van der Waals surface area contributed by atoms with Crippen LogP contribution in [0, 0.1) is 5.92 Å². The van der Waals surface area contributed by atoms with Gasteiger partial charge in [-0.2, -0.15) is 4.31 Å². The van der Waals surface area contributed by atoms with Gasteiger partial charge >= 0.3 is 5.97 Å². The minimum absolute atomic E-state index is 0.00861. The lowest BCUT2D eigenvalue weighted by Crippen LogP contribution is -2.44. The Morgan fingerprint density at radius 2 is 2.05 bits per heavy atom. The second-order valence-electron chi connectivity index (χ2n) is 5.05. The molecule has 1 aliphatic rings. The molecule has 7 nitrogen and oxygen atoms in total. The maximum atomic E-state index is 12.6. The van der Waals surface area contributed by atoms with Crippen LogP contribution in [0.25, 0.3) is 0 Å². The number of nitrogens with two attached hydrogens (primary N) is 1. The maximum Gasteiger partial charge on any atom is 0.335 e. The molecule has 1 heterocycles. The monoisotopic (exact) mass is 346 g/mol. The molecule has 1 aliphatic heterocycles.